The number of phosphoric acid groups is 1. The average molecular weight is 1460 g/mol. The number of phosphoric ester groups is 1. The smallest absolute Gasteiger partial charge is 0.462 e. The number of quaternary nitrogens is 1. The van der Waals surface area contributed by atoms with Crippen LogP contribution in [-0.2, 0) is 32.7 Å². The van der Waals surface area contributed by atoms with E-state index in [-0.39, 0.29) is 32.0 Å². The predicted molar refractivity (Wildman–Crippen MR) is 454 cm³/mol. The van der Waals surface area contributed by atoms with E-state index in [0.717, 1.165) is 148 Å². The van der Waals surface area contributed by atoms with Crippen LogP contribution in [0.3, 0.4) is 0 Å². The molecule has 0 aromatic rings. The second kappa shape index (κ2) is 82.2. The van der Waals surface area contributed by atoms with Crippen molar-refractivity contribution in [2.75, 3.05) is 47.5 Å². The molecule has 0 heterocycles. The largest absolute Gasteiger partial charge is 0.472 e. The number of hydrogen-bond acceptors (Lipinski definition) is 7. The van der Waals surface area contributed by atoms with Gasteiger partial charge in [-0.05, 0) is 135 Å². The molecule has 0 saturated heterocycles. The van der Waals surface area contributed by atoms with E-state index in [9.17, 15) is 19.0 Å². The average Bonchev–Trinajstić information content (AvgIpc) is 0.915. The highest BCUT2D eigenvalue weighted by atomic mass is 31.2. The van der Waals surface area contributed by atoms with Crippen LogP contribution in [0.5, 0.6) is 0 Å². The first kappa shape index (κ1) is 99.1. The molecule has 0 spiro atoms. The Balaban J connectivity index is 4.01. The summed E-state index contributed by atoms with van der Waals surface area (Å²) < 4.78 is 34.8. The number of likely N-dealkylation sites (N-methyl/N-ethyl adjacent to an activating group) is 1. The van der Waals surface area contributed by atoms with Crippen LogP contribution in [0.2, 0.25) is 0 Å². The lowest BCUT2D eigenvalue weighted by Gasteiger charge is -2.24. The first-order valence-corrected chi connectivity index (χ1v) is 44.0. The van der Waals surface area contributed by atoms with Gasteiger partial charge in [-0.2, -0.15) is 0 Å². The van der Waals surface area contributed by atoms with E-state index >= 15 is 0 Å². The van der Waals surface area contributed by atoms with Crippen LogP contribution in [0, 0.1) is 0 Å². The van der Waals surface area contributed by atoms with Crippen molar-refractivity contribution < 1.29 is 42.1 Å². The normalized spacial score (nSPS) is 13.9. The summed E-state index contributed by atoms with van der Waals surface area (Å²) in [6.45, 7) is 4.20. The summed E-state index contributed by atoms with van der Waals surface area (Å²) >= 11 is 0. The lowest BCUT2D eigenvalue weighted by molar-refractivity contribution is -0.870. The maximum atomic E-state index is 12.9. The van der Waals surface area contributed by atoms with Crippen LogP contribution in [0.15, 0.2) is 182 Å². The van der Waals surface area contributed by atoms with Gasteiger partial charge >= 0.3 is 19.8 Å². The molecule has 0 amide bonds. The summed E-state index contributed by atoms with van der Waals surface area (Å²) in [5.41, 5.74) is 0. The first-order chi connectivity index (χ1) is 51.0. The number of nitrogens with zero attached hydrogens (tertiary/aromatic N) is 1. The molecule has 0 rings (SSSR count). The van der Waals surface area contributed by atoms with Crippen LogP contribution in [0.4, 0.5) is 0 Å². The third kappa shape index (κ3) is 86.0. The number of unbranched alkanes of at least 4 members (excludes halogenated alkanes) is 33. The SMILES string of the molecule is CC/C=C\C/C=C\C/C=C\C/C=C\C/C=C\C/C=C\C/C=C\C/C=C\C/C=C\C/C=C\C/C=C\CCCCCCCC(=O)OC(COC(=O)CCCCCCCCCCCCCCCCCCCCCCCCCCCCCC/C=C\C/C=C\C/C=C\C/C=C\CC)COP(=O)(O)OCC[N+](C)(C)C. The van der Waals surface area contributed by atoms with Gasteiger partial charge in [0.15, 0.2) is 6.10 Å². The third-order valence-electron chi connectivity index (χ3n) is 17.9. The second-order valence-electron chi connectivity index (χ2n) is 29.1. The highest BCUT2D eigenvalue weighted by Gasteiger charge is 2.27. The van der Waals surface area contributed by atoms with Crippen molar-refractivity contribution in [3.8, 4) is 0 Å². The molecule has 0 aliphatic rings. The Hall–Kier alpha value is -4.89. The minimum absolute atomic E-state index is 0.0208. The van der Waals surface area contributed by atoms with Crippen LogP contribution in [0.1, 0.15) is 348 Å². The Kier molecular flexibility index (Phi) is 78.3. The first-order valence-electron chi connectivity index (χ1n) is 42.5. The number of esters is 2. The van der Waals surface area contributed by atoms with Crippen molar-refractivity contribution in [3.05, 3.63) is 182 Å². The van der Waals surface area contributed by atoms with Crippen molar-refractivity contribution in [2.24, 2.45) is 0 Å². The monoisotopic (exact) mass is 1460 g/mol. The molecule has 0 aliphatic heterocycles. The number of carbonyl (C=O) groups is 2. The Morgan fingerprint density at radius 1 is 0.298 bits per heavy atom. The lowest BCUT2D eigenvalue weighted by atomic mass is 10.0. The number of ether oxygens (including phenoxy) is 2. The van der Waals surface area contributed by atoms with Gasteiger partial charge in [-0.15, -0.1) is 0 Å². The van der Waals surface area contributed by atoms with Crippen LogP contribution >= 0.6 is 7.82 Å². The summed E-state index contributed by atoms with van der Waals surface area (Å²) in [6, 6.07) is 0. The fraction of sp³-hybridized carbons (Fsp3) is 0.660. The molecule has 2 unspecified atom stereocenters. The van der Waals surface area contributed by atoms with Crippen LogP contribution < -0.4 is 0 Å². The molecule has 104 heavy (non-hydrogen) atoms. The van der Waals surface area contributed by atoms with Crippen molar-refractivity contribution in [1.29, 1.82) is 0 Å². The van der Waals surface area contributed by atoms with Crippen molar-refractivity contribution in [2.45, 2.75) is 354 Å². The Morgan fingerprint density at radius 2 is 0.519 bits per heavy atom. The number of hydrogen-bond donors (Lipinski definition) is 1. The number of rotatable bonds is 77. The molecule has 592 valence electrons. The molecule has 9 nitrogen and oxygen atoms in total. The lowest BCUT2D eigenvalue weighted by Crippen LogP contribution is -2.37. The highest BCUT2D eigenvalue weighted by molar-refractivity contribution is 7.47. The standard InChI is InChI=1S/C94H158NO8P/c1-6-8-10-12-14-16-18-20-22-24-26-28-30-32-34-36-38-40-42-44-46-47-49-50-52-54-56-58-60-62-64-66-68-70-72-74-76-78-80-82-84-86-93(96)100-90-92(91-102-104(98,99)101-89-88-95(3,4)5)103-94(97)87-85-83-81-79-77-75-73-71-69-67-65-63-61-59-57-55-53-51-48-45-43-41-39-37-35-33-31-29-27-25-23-21-19-17-15-13-11-9-7-2/h8-11,14-17,20-23,26-29,33,35,39,41,45,48,53,55,59,61,65,67,71,73,92H,6-7,12-13,18-19,24-25,30-32,34,36-38,40,42-44,46-47,49-52,54,56-58,60,62-64,66,68-70,72,74-91H2,1-5H3/p+1/b10-8-,11-9-,16-14-,17-15-,22-20-,23-21-,28-26-,29-27-,35-33-,41-39-,48-45-,55-53-,61-59-,67-65-,73-71-. The molecule has 2 atom stereocenters. The number of allylic oxidation sites excluding steroid dienone is 30. The van der Waals surface area contributed by atoms with Crippen molar-refractivity contribution in [3.63, 3.8) is 0 Å². The highest BCUT2D eigenvalue weighted by Crippen LogP contribution is 2.43. The van der Waals surface area contributed by atoms with Gasteiger partial charge in [0, 0.05) is 12.8 Å². The van der Waals surface area contributed by atoms with Gasteiger partial charge in [-0.3, -0.25) is 18.6 Å². The van der Waals surface area contributed by atoms with E-state index in [1.165, 1.54) is 167 Å². The molecule has 0 fully saturated rings. The van der Waals surface area contributed by atoms with E-state index < -0.39 is 26.5 Å². The Bertz CT molecular complexity index is 2420. The van der Waals surface area contributed by atoms with Crippen molar-refractivity contribution in [1.82, 2.24) is 0 Å². The van der Waals surface area contributed by atoms with E-state index in [1.807, 2.05) is 21.1 Å². The summed E-state index contributed by atoms with van der Waals surface area (Å²) in [6.07, 6.45) is 126. The summed E-state index contributed by atoms with van der Waals surface area (Å²) in [7, 11) is 1.45. The van der Waals surface area contributed by atoms with Gasteiger partial charge in [0.05, 0.1) is 27.7 Å². The molecule has 1 N–H and O–H groups in total. The predicted octanol–water partition coefficient (Wildman–Crippen LogP) is 28.9. The topological polar surface area (TPSA) is 108 Å². The van der Waals surface area contributed by atoms with Gasteiger partial charge in [-0.25, -0.2) is 4.57 Å². The molecular weight excluding hydrogens is 1300 g/mol. The van der Waals surface area contributed by atoms with Crippen LogP contribution in [-0.4, -0.2) is 74.9 Å². The minimum Gasteiger partial charge on any atom is -0.462 e. The van der Waals surface area contributed by atoms with E-state index in [4.69, 9.17) is 18.5 Å². The maximum Gasteiger partial charge on any atom is 0.472 e. The fourth-order valence-electron chi connectivity index (χ4n) is 11.5. The summed E-state index contributed by atoms with van der Waals surface area (Å²) in [4.78, 5) is 36.0. The van der Waals surface area contributed by atoms with Gasteiger partial charge in [0.25, 0.3) is 0 Å². The number of carbonyl (C=O) groups excluding carboxylic acids is 2. The molecular formula is C94H159NO8P+. The van der Waals surface area contributed by atoms with Gasteiger partial charge in [-0.1, -0.05) is 382 Å². The fourth-order valence-corrected chi connectivity index (χ4v) is 12.3. The minimum atomic E-state index is -4.41. The van der Waals surface area contributed by atoms with E-state index in [1.54, 1.807) is 0 Å². The third-order valence-corrected chi connectivity index (χ3v) is 18.9. The Labute approximate surface area is 641 Å². The maximum absolute atomic E-state index is 12.9. The second-order valence-corrected chi connectivity index (χ2v) is 30.6. The quantitative estimate of drug-likeness (QED) is 0.0211. The van der Waals surface area contributed by atoms with E-state index in [0.29, 0.717) is 17.4 Å². The molecule has 0 aliphatic carbocycles. The summed E-state index contributed by atoms with van der Waals surface area (Å²) in [5.74, 6) is -0.818. The van der Waals surface area contributed by atoms with Crippen molar-refractivity contribution >= 4 is 19.8 Å². The molecule has 0 saturated carbocycles. The summed E-state index contributed by atoms with van der Waals surface area (Å²) in [5, 5.41) is 0. The zero-order valence-electron chi connectivity index (χ0n) is 67.7. The molecule has 0 aromatic heterocycles. The van der Waals surface area contributed by atoms with Gasteiger partial charge in [0.2, 0.25) is 0 Å². The molecule has 10 heteroatoms. The molecule has 0 aromatic carbocycles. The van der Waals surface area contributed by atoms with Crippen LogP contribution in [0.25, 0.3) is 0 Å². The van der Waals surface area contributed by atoms with Gasteiger partial charge < -0.3 is 18.9 Å². The zero-order valence-corrected chi connectivity index (χ0v) is 68.6. The van der Waals surface area contributed by atoms with Gasteiger partial charge in [0.1, 0.15) is 19.8 Å². The Morgan fingerprint density at radius 3 is 0.769 bits per heavy atom. The molecule has 0 radical (unpaired) electrons. The molecule has 0 bridgehead atoms. The zero-order chi connectivity index (χ0) is 75.4. The van der Waals surface area contributed by atoms with E-state index in [2.05, 4.69) is 196 Å².